The van der Waals surface area contributed by atoms with Crippen molar-refractivity contribution in [2.45, 2.75) is 56.9 Å². The first-order chi connectivity index (χ1) is 13.7. The van der Waals surface area contributed by atoms with Gasteiger partial charge in [-0.25, -0.2) is 4.79 Å². The molecule has 160 valence electrons. The number of likely N-dealkylation sites (tertiary alicyclic amines) is 1. The molecule has 0 aliphatic carbocycles. The minimum atomic E-state index is -1.00. The number of benzene rings is 1. The van der Waals surface area contributed by atoms with Crippen LogP contribution < -0.4 is 10.1 Å². The van der Waals surface area contributed by atoms with E-state index in [0.717, 1.165) is 25.2 Å². The molecule has 1 aromatic carbocycles. The quantitative estimate of drug-likeness (QED) is 0.651. The second kappa shape index (κ2) is 8.69. The smallest absolute Gasteiger partial charge is 0.341 e. The van der Waals surface area contributed by atoms with Crippen molar-refractivity contribution in [2.75, 3.05) is 26.3 Å². The standard InChI is InChI=1S/C21H30N2O6/c1-15(24)22-20(2)9-12-29-21(19(20)27)7-10-23(11-8-21)13-16-3-5-17(6-4-16)28-14-18(25)26/h3-6,19,27H,7-14H2,1-2H3,(H,22,24)(H,25,26)/t19-,20+/m1/s1. The van der Waals surface area contributed by atoms with E-state index in [1.54, 1.807) is 12.1 Å². The van der Waals surface area contributed by atoms with E-state index in [4.69, 9.17) is 14.6 Å². The lowest BCUT2D eigenvalue weighted by molar-refractivity contribution is -0.208. The number of amides is 1. The van der Waals surface area contributed by atoms with Gasteiger partial charge in [-0.15, -0.1) is 0 Å². The van der Waals surface area contributed by atoms with Crippen LogP contribution in [0.4, 0.5) is 0 Å². The molecular formula is C21H30N2O6. The number of nitrogens with one attached hydrogen (secondary N) is 1. The molecule has 1 spiro atoms. The molecule has 8 heteroatoms. The van der Waals surface area contributed by atoms with Gasteiger partial charge >= 0.3 is 5.97 Å². The summed E-state index contributed by atoms with van der Waals surface area (Å²) in [4.78, 5) is 24.4. The number of ether oxygens (including phenoxy) is 2. The Bertz CT molecular complexity index is 729. The summed E-state index contributed by atoms with van der Waals surface area (Å²) in [6, 6.07) is 7.41. The first-order valence-corrected chi connectivity index (χ1v) is 9.99. The van der Waals surface area contributed by atoms with Gasteiger partial charge < -0.3 is 25.0 Å². The van der Waals surface area contributed by atoms with Gasteiger partial charge in [-0.05, 0) is 43.9 Å². The topological polar surface area (TPSA) is 108 Å². The molecule has 0 radical (unpaired) electrons. The summed E-state index contributed by atoms with van der Waals surface area (Å²) in [6.45, 7) is 5.85. The van der Waals surface area contributed by atoms with Gasteiger partial charge in [0.15, 0.2) is 6.61 Å². The van der Waals surface area contributed by atoms with Crippen LogP contribution >= 0.6 is 0 Å². The second-order valence-electron chi connectivity index (χ2n) is 8.27. The molecular weight excluding hydrogens is 376 g/mol. The average molecular weight is 406 g/mol. The van der Waals surface area contributed by atoms with Crippen LogP contribution in [-0.2, 0) is 20.9 Å². The predicted molar refractivity (Wildman–Crippen MR) is 106 cm³/mol. The number of carbonyl (C=O) groups is 2. The molecule has 2 fully saturated rings. The fraction of sp³-hybridized carbons (Fsp3) is 0.619. The monoisotopic (exact) mass is 406 g/mol. The summed E-state index contributed by atoms with van der Waals surface area (Å²) in [6.07, 6.45) is 1.24. The molecule has 3 N–H and O–H groups in total. The number of carboxylic acid groups (broad SMARTS) is 1. The van der Waals surface area contributed by atoms with Gasteiger partial charge in [0, 0.05) is 33.2 Å². The summed E-state index contributed by atoms with van der Waals surface area (Å²) in [5, 5.41) is 22.6. The van der Waals surface area contributed by atoms with Gasteiger partial charge in [0.25, 0.3) is 0 Å². The Morgan fingerprint density at radius 1 is 1.24 bits per heavy atom. The SMILES string of the molecule is CC(=O)N[C@@]1(C)CCOC2(CCN(Cc3ccc(OCC(=O)O)cc3)CC2)[C@@H]1O. The Morgan fingerprint density at radius 2 is 1.90 bits per heavy atom. The molecule has 1 amide bonds. The van der Waals surface area contributed by atoms with E-state index < -0.39 is 23.2 Å². The van der Waals surface area contributed by atoms with E-state index in [9.17, 15) is 14.7 Å². The van der Waals surface area contributed by atoms with E-state index in [1.807, 2.05) is 19.1 Å². The molecule has 2 aliphatic heterocycles. The maximum Gasteiger partial charge on any atom is 0.341 e. The molecule has 2 aliphatic rings. The van der Waals surface area contributed by atoms with E-state index in [1.165, 1.54) is 6.92 Å². The summed E-state index contributed by atoms with van der Waals surface area (Å²) in [7, 11) is 0. The lowest BCUT2D eigenvalue weighted by Gasteiger charge is -2.53. The van der Waals surface area contributed by atoms with Crippen LogP contribution in [0.5, 0.6) is 5.75 Å². The molecule has 1 aromatic rings. The zero-order valence-corrected chi connectivity index (χ0v) is 17.0. The molecule has 0 bridgehead atoms. The third-order valence-corrected chi connectivity index (χ3v) is 5.97. The first-order valence-electron chi connectivity index (χ1n) is 9.99. The third kappa shape index (κ3) is 5.07. The lowest BCUT2D eigenvalue weighted by Crippen LogP contribution is -2.69. The average Bonchev–Trinajstić information content (AvgIpc) is 2.67. The van der Waals surface area contributed by atoms with E-state index in [-0.39, 0.29) is 12.5 Å². The maximum absolute atomic E-state index is 11.6. The largest absolute Gasteiger partial charge is 0.482 e. The molecule has 3 rings (SSSR count). The van der Waals surface area contributed by atoms with Crippen molar-refractivity contribution in [1.82, 2.24) is 10.2 Å². The van der Waals surface area contributed by atoms with Gasteiger partial charge in [-0.3, -0.25) is 9.69 Å². The third-order valence-electron chi connectivity index (χ3n) is 5.97. The number of piperidine rings is 1. The number of aliphatic hydroxyl groups is 1. The summed E-state index contributed by atoms with van der Waals surface area (Å²) < 4.78 is 11.2. The van der Waals surface area contributed by atoms with Crippen LogP contribution in [0.15, 0.2) is 24.3 Å². The Balaban J connectivity index is 1.56. The highest BCUT2D eigenvalue weighted by molar-refractivity contribution is 5.74. The molecule has 2 atom stereocenters. The highest BCUT2D eigenvalue weighted by atomic mass is 16.5. The summed E-state index contributed by atoms with van der Waals surface area (Å²) in [5.41, 5.74) is -0.185. The van der Waals surface area contributed by atoms with E-state index >= 15 is 0 Å². The van der Waals surface area contributed by atoms with Crippen LogP contribution in [-0.4, -0.2) is 70.5 Å². The zero-order valence-electron chi connectivity index (χ0n) is 17.0. The van der Waals surface area contributed by atoms with Gasteiger partial charge in [0.1, 0.15) is 11.9 Å². The van der Waals surface area contributed by atoms with Crippen LogP contribution in [0.25, 0.3) is 0 Å². The van der Waals surface area contributed by atoms with Crippen molar-refractivity contribution >= 4 is 11.9 Å². The van der Waals surface area contributed by atoms with Gasteiger partial charge in [-0.2, -0.15) is 0 Å². The van der Waals surface area contributed by atoms with Crippen LogP contribution in [0.3, 0.4) is 0 Å². The minimum Gasteiger partial charge on any atom is -0.482 e. The molecule has 2 saturated heterocycles. The highest BCUT2D eigenvalue weighted by Gasteiger charge is 2.53. The first kappa shape index (κ1) is 21.5. The molecule has 2 heterocycles. The van der Waals surface area contributed by atoms with E-state index in [2.05, 4.69) is 10.2 Å². The van der Waals surface area contributed by atoms with E-state index in [0.29, 0.717) is 31.6 Å². The number of carbonyl (C=O) groups excluding carboxylic acids is 1. The number of aliphatic hydroxyl groups excluding tert-OH is 1. The minimum absolute atomic E-state index is 0.142. The number of nitrogens with zero attached hydrogens (tertiary/aromatic N) is 1. The highest BCUT2D eigenvalue weighted by Crippen LogP contribution is 2.40. The Morgan fingerprint density at radius 3 is 2.48 bits per heavy atom. The molecule has 0 unspecified atom stereocenters. The number of hydrogen-bond acceptors (Lipinski definition) is 6. The zero-order chi connectivity index (χ0) is 21.1. The van der Waals surface area contributed by atoms with Crippen molar-refractivity contribution in [2.24, 2.45) is 0 Å². The number of rotatable bonds is 6. The van der Waals surface area contributed by atoms with Gasteiger partial charge in [0.2, 0.25) is 5.91 Å². The predicted octanol–water partition coefficient (Wildman–Crippen LogP) is 1.16. The van der Waals surface area contributed by atoms with Crippen molar-refractivity contribution in [3.05, 3.63) is 29.8 Å². The Kier molecular flexibility index (Phi) is 6.45. The number of aliphatic carboxylic acids is 1. The maximum atomic E-state index is 11.6. The van der Waals surface area contributed by atoms with Crippen molar-refractivity contribution < 1.29 is 29.3 Å². The van der Waals surface area contributed by atoms with Gasteiger partial charge in [-0.1, -0.05) is 12.1 Å². The van der Waals surface area contributed by atoms with Crippen molar-refractivity contribution in [3.63, 3.8) is 0 Å². The normalized spacial score (nSPS) is 26.8. The van der Waals surface area contributed by atoms with Gasteiger partial charge in [0.05, 0.1) is 11.1 Å². The summed E-state index contributed by atoms with van der Waals surface area (Å²) in [5.74, 6) is -0.611. The van der Waals surface area contributed by atoms with Crippen LogP contribution in [0.2, 0.25) is 0 Å². The van der Waals surface area contributed by atoms with Crippen molar-refractivity contribution in [3.8, 4) is 5.75 Å². The second-order valence-corrected chi connectivity index (χ2v) is 8.27. The van der Waals surface area contributed by atoms with Crippen LogP contribution in [0, 0.1) is 0 Å². The number of carboxylic acids is 1. The fourth-order valence-corrected chi connectivity index (χ4v) is 4.40. The fourth-order valence-electron chi connectivity index (χ4n) is 4.40. The molecule has 0 saturated carbocycles. The lowest BCUT2D eigenvalue weighted by atomic mass is 9.73. The van der Waals surface area contributed by atoms with Crippen molar-refractivity contribution in [1.29, 1.82) is 0 Å². The number of hydrogen-bond donors (Lipinski definition) is 3. The Labute approximate surface area is 170 Å². The molecule has 0 aromatic heterocycles. The molecule has 29 heavy (non-hydrogen) atoms. The Hall–Kier alpha value is -2.16. The van der Waals surface area contributed by atoms with Crippen LogP contribution in [0.1, 0.15) is 38.7 Å². The summed E-state index contributed by atoms with van der Waals surface area (Å²) >= 11 is 0. The molecule has 8 nitrogen and oxygen atoms in total.